The zero-order valence-corrected chi connectivity index (χ0v) is 8.22. The number of nitrogens with one attached hydrogen (secondary N) is 1. The van der Waals surface area contributed by atoms with E-state index >= 15 is 0 Å². The summed E-state index contributed by atoms with van der Waals surface area (Å²) in [5, 5.41) is 2.01. The molecule has 10 heavy (non-hydrogen) atoms. The molecule has 5 heteroatoms. The Morgan fingerprint density at radius 3 is 2.00 bits per heavy atom. The average molecular weight is 152 g/mol. The molecule has 50 valence electrons. The van der Waals surface area contributed by atoms with Crippen LogP contribution >= 0.6 is 0 Å². The topological polar surface area (TPSA) is 55.4 Å². The first-order valence-electron chi connectivity index (χ1n) is 2.57. The van der Waals surface area contributed by atoms with Crippen LogP contribution in [0.2, 0.25) is 0 Å². The van der Waals surface area contributed by atoms with Gasteiger partial charge in [0.1, 0.15) is 0 Å². The molecule has 4 nitrogen and oxygen atoms in total. The van der Waals surface area contributed by atoms with Crippen molar-refractivity contribution >= 4 is 12.0 Å². The number of carbonyl (C=O) groups excluding carboxylic acids is 2. The molecule has 2 amide bonds. The molecule has 0 aliphatic carbocycles. The summed E-state index contributed by atoms with van der Waals surface area (Å²) in [7, 11) is 0. The summed E-state index contributed by atoms with van der Waals surface area (Å²) in [6.07, 6.45) is -0.662. The summed E-state index contributed by atoms with van der Waals surface area (Å²) in [5.74, 6) is -0.382. The first-order valence-corrected chi connectivity index (χ1v) is 2.57. The van der Waals surface area contributed by atoms with Gasteiger partial charge in [-0.1, -0.05) is 0 Å². The van der Waals surface area contributed by atoms with Crippen LogP contribution in [0.25, 0.3) is 0 Å². The Labute approximate surface area is 80.6 Å². The van der Waals surface area contributed by atoms with Gasteiger partial charge in [-0.25, -0.2) is 4.79 Å². The van der Waals surface area contributed by atoms with Gasteiger partial charge in [-0.05, 0) is 13.8 Å². The van der Waals surface area contributed by atoms with E-state index in [1.807, 2.05) is 5.32 Å². The summed E-state index contributed by atoms with van der Waals surface area (Å²) < 4.78 is 4.56. The van der Waals surface area contributed by atoms with Gasteiger partial charge in [0, 0.05) is 0 Å². The fraction of sp³-hybridized carbons (Fsp3) is 0.600. The summed E-state index contributed by atoms with van der Waals surface area (Å²) in [6.45, 7) is 3.07. The molecule has 1 rings (SSSR count). The van der Waals surface area contributed by atoms with Crippen molar-refractivity contribution in [3.05, 3.63) is 0 Å². The molecule has 0 unspecified atom stereocenters. The number of cyclic esters (lactones) is 1. The van der Waals surface area contributed by atoms with Gasteiger partial charge in [-0.2, -0.15) is 0 Å². The van der Waals surface area contributed by atoms with Gasteiger partial charge in [0.25, 0.3) is 5.91 Å². The largest absolute Gasteiger partial charge is 1.00 e. The van der Waals surface area contributed by atoms with Gasteiger partial charge in [-0.15, -0.1) is 0 Å². The van der Waals surface area contributed by atoms with Crippen molar-refractivity contribution in [2.24, 2.45) is 0 Å². The van der Waals surface area contributed by atoms with E-state index in [1.165, 1.54) is 13.8 Å². The number of carbonyl (C=O) groups is 2. The maximum Gasteiger partial charge on any atom is 1.00 e. The summed E-state index contributed by atoms with van der Waals surface area (Å²) in [4.78, 5) is 21.0. The smallest absolute Gasteiger partial charge is 0.433 e. The van der Waals surface area contributed by atoms with E-state index in [2.05, 4.69) is 4.74 Å². The molecule has 0 bridgehead atoms. The minimum atomic E-state index is -0.975. The van der Waals surface area contributed by atoms with Crippen LogP contribution in [0, 0.1) is 0 Å². The number of alkyl carbamates (subject to hydrolysis) is 1. The zero-order valence-electron chi connectivity index (χ0n) is 6.22. The van der Waals surface area contributed by atoms with Gasteiger partial charge in [0.05, 0.1) is 0 Å². The van der Waals surface area contributed by atoms with Crippen LogP contribution in [0.1, 0.15) is 13.8 Å². The van der Waals surface area contributed by atoms with Crippen molar-refractivity contribution < 1.29 is 43.9 Å². The molecule has 1 saturated heterocycles. The molecule has 0 radical (unpaired) electrons. The second-order valence-corrected chi connectivity index (χ2v) is 2.35. The molecule has 1 aliphatic rings. The predicted octanol–water partition coefficient (Wildman–Crippen LogP) is -2.96. The normalized spacial score (nSPS) is 21.0. The van der Waals surface area contributed by atoms with Crippen molar-refractivity contribution in [2.75, 3.05) is 0 Å². The molecule has 0 atom stereocenters. The third kappa shape index (κ3) is 1.71. The summed E-state index contributed by atoms with van der Waals surface area (Å²) >= 11 is 0. The quantitative estimate of drug-likeness (QED) is 0.377. The van der Waals surface area contributed by atoms with Gasteiger partial charge >= 0.3 is 35.7 Å². The van der Waals surface area contributed by atoms with Crippen molar-refractivity contribution in [1.82, 2.24) is 5.32 Å². The molecule has 1 fully saturated rings. The molecule has 1 heterocycles. The van der Waals surface area contributed by atoms with E-state index < -0.39 is 11.7 Å². The zero-order chi connectivity index (χ0) is 7.07. The van der Waals surface area contributed by atoms with E-state index in [0.29, 0.717) is 0 Å². The number of imide groups is 1. The Bertz CT molecular complexity index is 178. The molecule has 1 N–H and O–H groups in total. The van der Waals surface area contributed by atoms with Gasteiger partial charge in [0.2, 0.25) is 0 Å². The minimum absolute atomic E-state index is 0. The Morgan fingerprint density at radius 1 is 1.40 bits per heavy atom. The van der Waals surface area contributed by atoms with Gasteiger partial charge in [-0.3, -0.25) is 10.1 Å². The standard InChI is InChI=1S/C5H7NO3.Na/c1-5(2)3(7)6-4(8)9-5;/h1-2H3,(H,6,7,8);/q;+1. The Balaban J connectivity index is 0.000000810. The Kier molecular flexibility index (Phi) is 2.88. The number of hydrogen-bond donors (Lipinski definition) is 1. The molecule has 1 aliphatic heterocycles. The molecule has 0 aromatic rings. The maximum atomic E-state index is 10.6. The van der Waals surface area contributed by atoms with Crippen molar-refractivity contribution in [1.29, 1.82) is 0 Å². The van der Waals surface area contributed by atoms with E-state index in [4.69, 9.17) is 0 Å². The molecule has 0 aromatic carbocycles. The van der Waals surface area contributed by atoms with Crippen LogP contribution in [0.4, 0.5) is 4.79 Å². The number of rotatable bonds is 0. The maximum absolute atomic E-state index is 10.6. The van der Waals surface area contributed by atoms with Crippen LogP contribution < -0.4 is 34.9 Å². The second kappa shape index (κ2) is 2.90. The van der Waals surface area contributed by atoms with Crippen molar-refractivity contribution in [2.45, 2.75) is 19.4 Å². The van der Waals surface area contributed by atoms with Crippen LogP contribution in [0.15, 0.2) is 0 Å². The first-order chi connectivity index (χ1) is 4.02. The second-order valence-electron chi connectivity index (χ2n) is 2.35. The summed E-state index contributed by atoms with van der Waals surface area (Å²) in [6, 6.07) is 0. The SMILES string of the molecule is CC1(C)OC(=O)NC1=O.[Na+]. The first kappa shape index (κ1) is 9.94. The number of amides is 2. The number of hydrogen-bond acceptors (Lipinski definition) is 3. The molecular weight excluding hydrogens is 145 g/mol. The van der Waals surface area contributed by atoms with Crippen LogP contribution in [-0.2, 0) is 9.53 Å². The Morgan fingerprint density at radius 2 is 1.90 bits per heavy atom. The van der Waals surface area contributed by atoms with Crippen molar-refractivity contribution in [3.8, 4) is 0 Å². The fourth-order valence-corrected chi connectivity index (χ4v) is 0.547. The number of ether oxygens (including phenoxy) is 1. The summed E-state index contributed by atoms with van der Waals surface area (Å²) in [5.41, 5.74) is -0.975. The minimum Gasteiger partial charge on any atom is -0.433 e. The van der Waals surface area contributed by atoms with E-state index in [0.717, 1.165) is 0 Å². The van der Waals surface area contributed by atoms with Crippen LogP contribution in [0.5, 0.6) is 0 Å². The average Bonchev–Trinajstić information content (AvgIpc) is 1.79. The van der Waals surface area contributed by atoms with Crippen molar-refractivity contribution in [3.63, 3.8) is 0 Å². The van der Waals surface area contributed by atoms with Crippen LogP contribution in [-0.4, -0.2) is 17.6 Å². The Hall–Kier alpha value is -0.0600. The van der Waals surface area contributed by atoms with E-state index in [1.54, 1.807) is 0 Å². The monoisotopic (exact) mass is 152 g/mol. The fourth-order valence-electron chi connectivity index (χ4n) is 0.547. The molecular formula is C5H7NNaO3+. The third-order valence-corrected chi connectivity index (χ3v) is 1.11. The molecule has 0 spiro atoms. The van der Waals surface area contributed by atoms with E-state index in [-0.39, 0.29) is 35.5 Å². The predicted molar refractivity (Wildman–Crippen MR) is 28.7 cm³/mol. The van der Waals surface area contributed by atoms with Gasteiger partial charge < -0.3 is 4.74 Å². The third-order valence-electron chi connectivity index (χ3n) is 1.11. The van der Waals surface area contributed by atoms with Crippen LogP contribution in [0.3, 0.4) is 0 Å². The molecule has 0 saturated carbocycles. The van der Waals surface area contributed by atoms with E-state index in [9.17, 15) is 9.59 Å². The van der Waals surface area contributed by atoms with Gasteiger partial charge in [0.15, 0.2) is 5.60 Å². The molecule has 0 aromatic heterocycles.